The van der Waals surface area contributed by atoms with Crippen molar-refractivity contribution >= 4 is 0 Å². The van der Waals surface area contributed by atoms with Gasteiger partial charge >= 0.3 is 0 Å². The minimum absolute atomic E-state index is 0.0950. The number of aromatic nitrogens is 2. The molecule has 0 aliphatic carbocycles. The molecule has 18 heavy (non-hydrogen) atoms. The fourth-order valence-corrected chi connectivity index (χ4v) is 2.66. The van der Waals surface area contributed by atoms with E-state index in [0.29, 0.717) is 5.92 Å². The normalized spacial score (nSPS) is 25.7. The smallest absolute Gasteiger partial charge is 0.161 e. The highest BCUT2D eigenvalue weighted by atomic mass is 16.5. The molecule has 3 unspecified atom stereocenters. The van der Waals surface area contributed by atoms with Crippen molar-refractivity contribution in [3.63, 3.8) is 0 Å². The van der Waals surface area contributed by atoms with Gasteiger partial charge in [0.25, 0.3) is 0 Å². The molecule has 1 aliphatic heterocycles. The monoisotopic (exact) mass is 253 g/mol. The molecule has 0 saturated carbocycles. The lowest BCUT2D eigenvalue weighted by Crippen LogP contribution is -2.29. The molecule has 1 fully saturated rings. The molecule has 0 spiro atoms. The van der Waals surface area contributed by atoms with Gasteiger partial charge in [0.2, 0.25) is 0 Å². The zero-order valence-corrected chi connectivity index (χ0v) is 11.6. The number of nitrogens with two attached hydrogens (primary N) is 1. The lowest BCUT2D eigenvalue weighted by Gasteiger charge is -2.24. The highest BCUT2D eigenvalue weighted by Gasteiger charge is 2.34. The van der Waals surface area contributed by atoms with Crippen LogP contribution in [0.3, 0.4) is 0 Å². The van der Waals surface area contributed by atoms with Gasteiger partial charge in [-0.2, -0.15) is 5.10 Å². The molecule has 2 heterocycles. The molecule has 2 N–H and O–H groups in total. The minimum Gasteiger partial charge on any atom is -0.493 e. The van der Waals surface area contributed by atoms with Crippen molar-refractivity contribution in [3.8, 4) is 5.75 Å². The minimum atomic E-state index is -0.0950. The maximum atomic E-state index is 6.43. The van der Waals surface area contributed by atoms with Crippen molar-refractivity contribution in [1.82, 2.24) is 9.78 Å². The Morgan fingerprint density at radius 2 is 2.28 bits per heavy atom. The summed E-state index contributed by atoms with van der Waals surface area (Å²) in [7, 11) is 1.66. The van der Waals surface area contributed by atoms with Gasteiger partial charge in [-0.1, -0.05) is 0 Å². The summed E-state index contributed by atoms with van der Waals surface area (Å²) in [6.45, 7) is 7.06. The van der Waals surface area contributed by atoms with Gasteiger partial charge in [-0.15, -0.1) is 0 Å². The number of nitrogens with zero attached hydrogens (tertiary/aromatic N) is 2. The topological polar surface area (TPSA) is 62.3 Å². The van der Waals surface area contributed by atoms with Crippen molar-refractivity contribution in [2.45, 2.75) is 45.4 Å². The third kappa shape index (κ3) is 2.24. The highest BCUT2D eigenvalue weighted by Crippen LogP contribution is 2.36. The van der Waals surface area contributed by atoms with E-state index in [1.165, 1.54) is 0 Å². The predicted molar refractivity (Wildman–Crippen MR) is 69.6 cm³/mol. The van der Waals surface area contributed by atoms with E-state index in [2.05, 4.69) is 25.9 Å². The van der Waals surface area contributed by atoms with E-state index in [0.717, 1.165) is 24.5 Å². The number of hydrogen-bond donors (Lipinski definition) is 1. The molecule has 5 heteroatoms. The van der Waals surface area contributed by atoms with Crippen LogP contribution in [0.1, 0.15) is 45.0 Å². The predicted octanol–water partition coefficient (Wildman–Crippen LogP) is 1.90. The van der Waals surface area contributed by atoms with Crippen LogP contribution in [0.5, 0.6) is 5.75 Å². The summed E-state index contributed by atoms with van der Waals surface area (Å²) in [6, 6.07) is 0.176. The van der Waals surface area contributed by atoms with E-state index in [9.17, 15) is 0 Å². The lowest BCUT2D eigenvalue weighted by molar-refractivity contribution is 0.0982. The number of hydrogen-bond acceptors (Lipinski definition) is 4. The zero-order chi connectivity index (χ0) is 13.3. The molecular formula is C13H23N3O2. The zero-order valence-electron chi connectivity index (χ0n) is 11.6. The van der Waals surface area contributed by atoms with E-state index >= 15 is 0 Å². The largest absolute Gasteiger partial charge is 0.493 e. The Kier molecular flexibility index (Phi) is 3.92. The van der Waals surface area contributed by atoms with Crippen LogP contribution >= 0.6 is 0 Å². The molecule has 1 aromatic rings. The Morgan fingerprint density at radius 1 is 1.56 bits per heavy atom. The first-order valence-corrected chi connectivity index (χ1v) is 6.54. The van der Waals surface area contributed by atoms with Crippen molar-refractivity contribution in [2.24, 2.45) is 11.7 Å². The van der Waals surface area contributed by atoms with Crippen LogP contribution in [0.25, 0.3) is 0 Å². The van der Waals surface area contributed by atoms with Gasteiger partial charge in [-0.3, -0.25) is 4.68 Å². The summed E-state index contributed by atoms with van der Waals surface area (Å²) >= 11 is 0. The first kappa shape index (κ1) is 13.4. The second-order valence-electron chi connectivity index (χ2n) is 5.19. The number of ether oxygens (including phenoxy) is 2. The first-order valence-electron chi connectivity index (χ1n) is 6.54. The fourth-order valence-electron chi connectivity index (χ4n) is 2.66. The molecule has 3 atom stereocenters. The Balaban J connectivity index is 2.33. The van der Waals surface area contributed by atoms with E-state index in [1.807, 2.05) is 4.68 Å². The fraction of sp³-hybridized carbons (Fsp3) is 0.769. The molecule has 0 bridgehead atoms. The van der Waals surface area contributed by atoms with Crippen molar-refractivity contribution < 1.29 is 9.47 Å². The van der Waals surface area contributed by atoms with E-state index in [1.54, 1.807) is 13.3 Å². The van der Waals surface area contributed by atoms with Crippen molar-refractivity contribution in [3.05, 3.63) is 11.9 Å². The second kappa shape index (κ2) is 5.28. The summed E-state index contributed by atoms with van der Waals surface area (Å²) in [5.41, 5.74) is 7.41. The van der Waals surface area contributed by atoms with Crippen LogP contribution in [0.15, 0.2) is 6.20 Å². The second-order valence-corrected chi connectivity index (χ2v) is 5.19. The van der Waals surface area contributed by atoms with E-state index in [4.69, 9.17) is 15.2 Å². The number of rotatable bonds is 4. The third-order valence-electron chi connectivity index (χ3n) is 3.72. The Morgan fingerprint density at radius 3 is 2.78 bits per heavy atom. The van der Waals surface area contributed by atoms with Crippen LogP contribution in [0, 0.1) is 5.92 Å². The van der Waals surface area contributed by atoms with E-state index in [-0.39, 0.29) is 18.2 Å². The maximum absolute atomic E-state index is 6.43. The maximum Gasteiger partial charge on any atom is 0.161 e. The molecule has 5 nitrogen and oxygen atoms in total. The molecule has 0 amide bonds. The quantitative estimate of drug-likeness (QED) is 0.890. The average molecular weight is 253 g/mol. The van der Waals surface area contributed by atoms with Crippen LogP contribution in [0.4, 0.5) is 0 Å². The molecule has 1 saturated heterocycles. The van der Waals surface area contributed by atoms with Crippen LogP contribution in [0.2, 0.25) is 0 Å². The lowest BCUT2D eigenvalue weighted by atomic mass is 9.91. The van der Waals surface area contributed by atoms with Crippen LogP contribution in [-0.2, 0) is 4.74 Å². The summed E-state index contributed by atoms with van der Waals surface area (Å²) in [5, 5.41) is 4.37. The van der Waals surface area contributed by atoms with Gasteiger partial charge < -0.3 is 15.2 Å². The Bertz CT molecular complexity index is 403. The molecule has 2 rings (SSSR count). The van der Waals surface area contributed by atoms with Gasteiger partial charge in [0.15, 0.2) is 5.75 Å². The average Bonchev–Trinajstić information content (AvgIpc) is 2.93. The van der Waals surface area contributed by atoms with Gasteiger partial charge in [-0.05, 0) is 27.2 Å². The highest BCUT2D eigenvalue weighted by molar-refractivity contribution is 5.29. The van der Waals surface area contributed by atoms with Crippen LogP contribution in [-0.4, -0.2) is 29.6 Å². The molecule has 1 aliphatic rings. The van der Waals surface area contributed by atoms with Gasteiger partial charge in [0.1, 0.15) is 0 Å². The molecule has 102 valence electrons. The SMILES string of the molecule is COc1cnn(C(C)C)c1C(N)C1CCOC1C. The summed E-state index contributed by atoms with van der Waals surface area (Å²) in [4.78, 5) is 0. The van der Waals surface area contributed by atoms with Gasteiger partial charge in [0, 0.05) is 18.6 Å². The molecule has 0 radical (unpaired) electrons. The molecule has 0 aromatic carbocycles. The van der Waals surface area contributed by atoms with Crippen molar-refractivity contribution in [2.75, 3.05) is 13.7 Å². The third-order valence-corrected chi connectivity index (χ3v) is 3.72. The van der Waals surface area contributed by atoms with Crippen molar-refractivity contribution in [1.29, 1.82) is 0 Å². The summed E-state index contributed by atoms with van der Waals surface area (Å²) in [6.07, 6.45) is 2.94. The Hall–Kier alpha value is -1.07. The van der Waals surface area contributed by atoms with Gasteiger partial charge in [0.05, 0.1) is 31.1 Å². The standard InChI is InChI=1S/C13H23N3O2/c1-8(2)16-13(11(17-4)7-15-16)12(14)10-5-6-18-9(10)3/h7-10,12H,5-6,14H2,1-4H3. The number of methoxy groups -OCH3 is 1. The van der Waals surface area contributed by atoms with E-state index < -0.39 is 0 Å². The Labute approximate surface area is 108 Å². The summed E-state index contributed by atoms with van der Waals surface area (Å²) in [5.74, 6) is 1.10. The van der Waals surface area contributed by atoms with Gasteiger partial charge in [-0.25, -0.2) is 0 Å². The van der Waals surface area contributed by atoms with Crippen LogP contribution < -0.4 is 10.5 Å². The molecule has 1 aromatic heterocycles. The summed E-state index contributed by atoms with van der Waals surface area (Å²) < 4.78 is 12.9. The first-order chi connectivity index (χ1) is 8.56. The molecular weight excluding hydrogens is 230 g/mol.